The maximum Gasteiger partial charge on any atom is 0.0980 e. The molecule has 0 amide bonds. The quantitative estimate of drug-likeness (QED) is 0.381. The predicted molar refractivity (Wildman–Crippen MR) is 84.6 cm³/mol. The van der Waals surface area contributed by atoms with E-state index in [4.69, 9.17) is 4.74 Å². The second-order valence-electron chi connectivity index (χ2n) is 6.50. The molecule has 114 valence electrons. The van der Waals surface area contributed by atoms with E-state index in [-0.39, 0.29) is 11.2 Å². The van der Waals surface area contributed by atoms with Crippen LogP contribution in [0.3, 0.4) is 0 Å². The Morgan fingerprint density at radius 2 is 0.789 bits per heavy atom. The normalized spacial score (nSPS) is 19.6. The van der Waals surface area contributed by atoms with Crippen LogP contribution < -0.4 is 0 Å². The molecule has 0 spiro atoms. The van der Waals surface area contributed by atoms with Crippen molar-refractivity contribution < 1.29 is 4.74 Å². The fourth-order valence-corrected chi connectivity index (χ4v) is 3.56. The van der Waals surface area contributed by atoms with Gasteiger partial charge in [-0.2, -0.15) is 0 Å². The number of unbranched alkanes of at least 4 members (excludes halogenated alkanes) is 4. The summed E-state index contributed by atoms with van der Waals surface area (Å²) in [6.07, 6.45) is 15.8. The molecule has 1 aliphatic rings. The van der Waals surface area contributed by atoms with Crippen molar-refractivity contribution in [3.05, 3.63) is 0 Å². The third kappa shape index (κ3) is 4.21. The van der Waals surface area contributed by atoms with Gasteiger partial charge in [0.2, 0.25) is 0 Å². The lowest BCUT2D eigenvalue weighted by molar-refractivity contribution is 0.227. The Balaban J connectivity index is 2.66. The molecule has 0 unspecified atom stereocenters. The van der Waals surface area contributed by atoms with Crippen LogP contribution >= 0.6 is 0 Å². The number of ether oxygens (including phenoxy) is 1. The van der Waals surface area contributed by atoms with Gasteiger partial charge < -0.3 is 4.74 Å². The standard InChI is InChI=1S/C18H36O/c1-5-9-13-17(14-10-6-2)18(19-17,15-11-7-3)16-12-8-4/h5-16H2,1-4H3. The van der Waals surface area contributed by atoms with Gasteiger partial charge in [-0.05, 0) is 25.7 Å². The van der Waals surface area contributed by atoms with Gasteiger partial charge >= 0.3 is 0 Å². The van der Waals surface area contributed by atoms with E-state index in [1.54, 1.807) is 0 Å². The van der Waals surface area contributed by atoms with Gasteiger partial charge in [-0.3, -0.25) is 0 Å². The van der Waals surface area contributed by atoms with E-state index in [1.165, 1.54) is 77.0 Å². The van der Waals surface area contributed by atoms with Gasteiger partial charge in [-0.1, -0.05) is 79.1 Å². The topological polar surface area (TPSA) is 12.5 Å². The zero-order chi connectivity index (χ0) is 14.2. The molecule has 0 N–H and O–H groups in total. The Kier molecular flexibility index (Phi) is 7.42. The highest BCUT2D eigenvalue weighted by atomic mass is 16.6. The maximum absolute atomic E-state index is 6.50. The number of epoxide rings is 1. The van der Waals surface area contributed by atoms with Gasteiger partial charge in [-0.15, -0.1) is 0 Å². The summed E-state index contributed by atoms with van der Waals surface area (Å²) in [6, 6.07) is 0. The highest BCUT2D eigenvalue weighted by Crippen LogP contribution is 2.59. The van der Waals surface area contributed by atoms with Crippen molar-refractivity contribution in [1.82, 2.24) is 0 Å². The molecule has 1 nitrogen and oxygen atoms in total. The van der Waals surface area contributed by atoms with E-state index in [0.29, 0.717) is 0 Å². The van der Waals surface area contributed by atoms with Crippen molar-refractivity contribution in [2.24, 2.45) is 0 Å². The molecule has 0 radical (unpaired) electrons. The first-order chi connectivity index (χ1) is 9.20. The highest BCUT2D eigenvalue weighted by molar-refractivity contribution is 5.15. The summed E-state index contributed by atoms with van der Waals surface area (Å²) in [5.74, 6) is 0. The fraction of sp³-hybridized carbons (Fsp3) is 1.00. The lowest BCUT2D eigenvalue weighted by Gasteiger charge is -2.20. The molecule has 0 saturated carbocycles. The molecular weight excluding hydrogens is 232 g/mol. The first-order valence-electron chi connectivity index (χ1n) is 8.90. The maximum atomic E-state index is 6.50. The molecule has 19 heavy (non-hydrogen) atoms. The minimum Gasteiger partial charge on any atom is -0.363 e. The van der Waals surface area contributed by atoms with Crippen LogP contribution in [0.4, 0.5) is 0 Å². The smallest absolute Gasteiger partial charge is 0.0980 e. The van der Waals surface area contributed by atoms with Crippen molar-refractivity contribution in [2.75, 3.05) is 0 Å². The summed E-state index contributed by atoms with van der Waals surface area (Å²) in [7, 11) is 0. The zero-order valence-electron chi connectivity index (χ0n) is 13.9. The van der Waals surface area contributed by atoms with E-state index >= 15 is 0 Å². The monoisotopic (exact) mass is 268 g/mol. The predicted octanol–water partition coefficient (Wildman–Crippen LogP) is 6.26. The van der Waals surface area contributed by atoms with Crippen molar-refractivity contribution in [1.29, 1.82) is 0 Å². The summed E-state index contributed by atoms with van der Waals surface area (Å²) in [6.45, 7) is 9.21. The Labute approximate surface area is 121 Å². The van der Waals surface area contributed by atoms with E-state index in [1.807, 2.05) is 0 Å². The molecule has 1 saturated heterocycles. The van der Waals surface area contributed by atoms with Crippen LogP contribution in [-0.4, -0.2) is 11.2 Å². The zero-order valence-corrected chi connectivity index (χ0v) is 13.9. The number of hydrogen-bond acceptors (Lipinski definition) is 1. The second kappa shape index (κ2) is 8.29. The van der Waals surface area contributed by atoms with Gasteiger partial charge in [0.25, 0.3) is 0 Å². The summed E-state index contributed by atoms with van der Waals surface area (Å²) < 4.78 is 6.50. The lowest BCUT2D eigenvalue weighted by Crippen LogP contribution is -2.26. The van der Waals surface area contributed by atoms with Crippen LogP contribution in [0.2, 0.25) is 0 Å². The first kappa shape index (κ1) is 17.0. The van der Waals surface area contributed by atoms with Gasteiger partial charge in [0.15, 0.2) is 0 Å². The van der Waals surface area contributed by atoms with Crippen molar-refractivity contribution in [3.8, 4) is 0 Å². The van der Waals surface area contributed by atoms with Crippen LogP contribution in [0.15, 0.2) is 0 Å². The summed E-state index contributed by atoms with van der Waals surface area (Å²) in [5, 5.41) is 0. The van der Waals surface area contributed by atoms with Gasteiger partial charge in [0.1, 0.15) is 0 Å². The molecule has 1 aliphatic heterocycles. The molecule has 0 bridgehead atoms. The van der Waals surface area contributed by atoms with E-state index in [2.05, 4.69) is 27.7 Å². The summed E-state index contributed by atoms with van der Waals surface area (Å²) in [5.41, 5.74) is 0.534. The fourth-order valence-electron chi connectivity index (χ4n) is 3.56. The van der Waals surface area contributed by atoms with Crippen LogP contribution in [0.1, 0.15) is 105 Å². The first-order valence-corrected chi connectivity index (χ1v) is 8.90. The van der Waals surface area contributed by atoms with Gasteiger partial charge in [0.05, 0.1) is 11.2 Å². The molecule has 1 heterocycles. The van der Waals surface area contributed by atoms with Crippen molar-refractivity contribution >= 4 is 0 Å². The molecule has 1 heteroatoms. The van der Waals surface area contributed by atoms with Crippen LogP contribution in [-0.2, 0) is 4.74 Å². The largest absolute Gasteiger partial charge is 0.363 e. The minimum atomic E-state index is 0.267. The van der Waals surface area contributed by atoms with Crippen LogP contribution in [0, 0.1) is 0 Å². The Hall–Kier alpha value is -0.0400. The molecule has 0 aromatic carbocycles. The van der Waals surface area contributed by atoms with Crippen molar-refractivity contribution in [2.45, 2.75) is 116 Å². The SMILES string of the molecule is CCCCC1(CCCC)OC1(CCCC)CCCC. The van der Waals surface area contributed by atoms with Gasteiger partial charge in [-0.25, -0.2) is 0 Å². The minimum absolute atomic E-state index is 0.267. The van der Waals surface area contributed by atoms with Crippen LogP contribution in [0.5, 0.6) is 0 Å². The third-order valence-corrected chi connectivity index (χ3v) is 4.92. The molecule has 0 aromatic rings. The highest BCUT2D eigenvalue weighted by Gasteiger charge is 2.66. The third-order valence-electron chi connectivity index (χ3n) is 4.92. The molecule has 0 atom stereocenters. The van der Waals surface area contributed by atoms with E-state index in [0.717, 1.165) is 0 Å². The average molecular weight is 268 g/mol. The number of hydrogen-bond donors (Lipinski definition) is 0. The van der Waals surface area contributed by atoms with Crippen LogP contribution in [0.25, 0.3) is 0 Å². The Morgan fingerprint density at radius 3 is 1.00 bits per heavy atom. The van der Waals surface area contributed by atoms with Gasteiger partial charge in [0, 0.05) is 0 Å². The Morgan fingerprint density at radius 1 is 0.526 bits per heavy atom. The molecule has 0 aliphatic carbocycles. The van der Waals surface area contributed by atoms with E-state index < -0.39 is 0 Å². The average Bonchev–Trinajstić information content (AvgIpc) is 3.07. The molecule has 1 rings (SSSR count). The lowest BCUT2D eigenvalue weighted by atomic mass is 9.78. The second-order valence-corrected chi connectivity index (χ2v) is 6.50. The van der Waals surface area contributed by atoms with Crippen molar-refractivity contribution in [3.63, 3.8) is 0 Å². The van der Waals surface area contributed by atoms with E-state index in [9.17, 15) is 0 Å². The summed E-state index contributed by atoms with van der Waals surface area (Å²) >= 11 is 0. The molecule has 0 aromatic heterocycles. The molecular formula is C18H36O. The number of rotatable bonds is 12. The molecule has 1 fully saturated rings. The summed E-state index contributed by atoms with van der Waals surface area (Å²) in [4.78, 5) is 0. The Bertz CT molecular complexity index is 194.